The first-order chi connectivity index (χ1) is 12.9. The van der Waals surface area contributed by atoms with E-state index in [-0.39, 0.29) is 24.0 Å². The van der Waals surface area contributed by atoms with Crippen molar-refractivity contribution < 1.29 is 15.0 Å². The fraction of sp³-hybridized carbons (Fsp3) is 0.783. The molecule has 0 unspecified atom stereocenters. The maximum Gasteiger partial charge on any atom is 0.222 e. The fourth-order valence-corrected chi connectivity index (χ4v) is 4.60. The number of allylic oxidation sites excluding steroid dienone is 2. The van der Waals surface area contributed by atoms with Gasteiger partial charge in [0.25, 0.3) is 0 Å². The van der Waals surface area contributed by atoms with Crippen molar-refractivity contribution in [3.8, 4) is 0 Å². The number of aliphatic hydroxyl groups excluding tert-OH is 2. The number of rotatable bonds is 11. The van der Waals surface area contributed by atoms with Crippen molar-refractivity contribution in [1.82, 2.24) is 4.90 Å². The molecular formula is C23H39NO3. The molecule has 1 saturated carbocycles. The Morgan fingerprint density at radius 2 is 2.07 bits per heavy atom. The van der Waals surface area contributed by atoms with Gasteiger partial charge in [0.2, 0.25) is 5.91 Å². The van der Waals surface area contributed by atoms with Crippen molar-refractivity contribution in [2.45, 2.75) is 83.3 Å². The summed E-state index contributed by atoms with van der Waals surface area (Å²) in [7, 11) is 3.62. The Balaban J connectivity index is 1.76. The lowest BCUT2D eigenvalue weighted by Crippen LogP contribution is -2.21. The van der Waals surface area contributed by atoms with E-state index in [2.05, 4.69) is 19.1 Å². The standard InChI is InChI=1S/C23H39NO3/c1-4-5-6-10-19(25)12-13-20-21-15-17(14-18(21)16-22(20)26)9-7-8-11-23(27)24(2)3/h12-14,18-22,25-26H,4-11,15-16H2,1-3H3/b13-12+/t18-,19+,20+,21-,22-/m0/s1. The van der Waals surface area contributed by atoms with Gasteiger partial charge in [-0.2, -0.15) is 0 Å². The van der Waals surface area contributed by atoms with Gasteiger partial charge in [-0.3, -0.25) is 4.79 Å². The third kappa shape index (κ3) is 6.76. The molecule has 0 heterocycles. The van der Waals surface area contributed by atoms with Crippen molar-refractivity contribution in [1.29, 1.82) is 0 Å². The Bertz CT molecular complexity index is 526. The van der Waals surface area contributed by atoms with Crippen molar-refractivity contribution in [3.63, 3.8) is 0 Å². The summed E-state index contributed by atoms with van der Waals surface area (Å²) in [5, 5.41) is 20.6. The van der Waals surface area contributed by atoms with E-state index in [4.69, 9.17) is 0 Å². The summed E-state index contributed by atoms with van der Waals surface area (Å²) >= 11 is 0. The molecule has 4 heteroatoms. The van der Waals surface area contributed by atoms with Crippen LogP contribution in [0.3, 0.4) is 0 Å². The molecular weight excluding hydrogens is 338 g/mol. The minimum Gasteiger partial charge on any atom is -0.392 e. The third-order valence-corrected chi connectivity index (χ3v) is 6.25. The van der Waals surface area contributed by atoms with Crippen molar-refractivity contribution in [2.75, 3.05) is 14.1 Å². The molecule has 0 aromatic carbocycles. The second-order valence-corrected chi connectivity index (χ2v) is 8.68. The molecule has 2 aliphatic carbocycles. The summed E-state index contributed by atoms with van der Waals surface area (Å²) in [6.07, 6.45) is 15.5. The van der Waals surface area contributed by atoms with Gasteiger partial charge in [-0.05, 0) is 50.4 Å². The average molecular weight is 378 g/mol. The first kappa shape index (κ1) is 22.2. The smallest absolute Gasteiger partial charge is 0.222 e. The number of unbranched alkanes of at least 4 members (excludes halogenated alkanes) is 3. The van der Waals surface area contributed by atoms with E-state index in [1.165, 1.54) is 12.0 Å². The van der Waals surface area contributed by atoms with E-state index in [0.717, 1.165) is 51.4 Å². The molecule has 0 aromatic heterocycles. The number of amides is 1. The van der Waals surface area contributed by atoms with E-state index >= 15 is 0 Å². The van der Waals surface area contributed by atoms with Crippen LogP contribution in [0.15, 0.2) is 23.8 Å². The molecule has 4 nitrogen and oxygen atoms in total. The topological polar surface area (TPSA) is 60.8 Å². The van der Waals surface area contributed by atoms with Crippen molar-refractivity contribution in [3.05, 3.63) is 23.8 Å². The Labute approximate surface area is 165 Å². The summed E-state index contributed by atoms with van der Waals surface area (Å²) < 4.78 is 0. The van der Waals surface area contributed by atoms with E-state index in [9.17, 15) is 15.0 Å². The molecule has 0 saturated heterocycles. The van der Waals surface area contributed by atoms with Crippen LogP contribution in [0.1, 0.15) is 71.1 Å². The number of carbonyl (C=O) groups excluding carboxylic acids is 1. The van der Waals surface area contributed by atoms with Gasteiger partial charge in [0.1, 0.15) is 0 Å². The van der Waals surface area contributed by atoms with E-state index < -0.39 is 0 Å². The maximum atomic E-state index is 11.6. The molecule has 0 spiro atoms. The first-order valence-corrected chi connectivity index (χ1v) is 10.9. The molecule has 2 N–H and O–H groups in total. The molecule has 2 rings (SSSR count). The molecule has 0 aliphatic heterocycles. The van der Waals surface area contributed by atoms with Gasteiger partial charge in [0, 0.05) is 26.4 Å². The Morgan fingerprint density at radius 1 is 1.30 bits per heavy atom. The molecule has 0 bridgehead atoms. The zero-order valence-electron chi connectivity index (χ0n) is 17.4. The SMILES string of the molecule is CCCCC[C@@H](O)/C=C/[C@@H]1[C@H]2CC(CCCCC(=O)N(C)C)=C[C@H]2C[C@@H]1O. The lowest BCUT2D eigenvalue weighted by molar-refractivity contribution is -0.128. The zero-order chi connectivity index (χ0) is 19.8. The molecule has 1 amide bonds. The van der Waals surface area contributed by atoms with Crippen LogP contribution in [0.2, 0.25) is 0 Å². The number of fused-ring (bicyclic) bond motifs is 1. The number of nitrogens with zero attached hydrogens (tertiary/aromatic N) is 1. The van der Waals surface area contributed by atoms with E-state index in [1.54, 1.807) is 4.90 Å². The van der Waals surface area contributed by atoms with Crippen LogP contribution in [-0.2, 0) is 4.79 Å². The maximum absolute atomic E-state index is 11.6. The van der Waals surface area contributed by atoms with Crippen molar-refractivity contribution in [2.24, 2.45) is 17.8 Å². The number of aliphatic hydroxyl groups is 2. The predicted molar refractivity (Wildman–Crippen MR) is 110 cm³/mol. The van der Waals surface area contributed by atoms with Gasteiger partial charge >= 0.3 is 0 Å². The summed E-state index contributed by atoms with van der Waals surface area (Å²) in [6.45, 7) is 2.17. The van der Waals surface area contributed by atoms with Crippen LogP contribution in [0.4, 0.5) is 0 Å². The molecule has 27 heavy (non-hydrogen) atoms. The minimum atomic E-state index is -0.383. The highest BCUT2D eigenvalue weighted by atomic mass is 16.3. The third-order valence-electron chi connectivity index (χ3n) is 6.25. The molecule has 0 aromatic rings. The van der Waals surface area contributed by atoms with Gasteiger partial charge in [-0.1, -0.05) is 50.0 Å². The summed E-state index contributed by atoms with van der Waals surface area (Å²) in [4.78, 5) is 13.3. The van der Waals surface area contributed by atoms with Crippen LogP contribution < -0.4 is 0 Å². The number of hydrogen-bond donors (Lipinski definition) is 2. The van der Waals surface area contributed by atoms with Crippen LogP contribution in [0, 0.1) is 17.8 Å². The highest BCUT2D eigenvalue weighted by Crippen LogP contribution is 2.48. The molecule has 0 radical (unpaired) electrons. The molecule has 154 valence electrons. The van der Waals surface area contributed by atoms with Gasteiger partial charge in [0.15, 0.2) is 0 Å². The second kappa shape index (κ2) is 11.0. The molecule has 1 fully saturated rings. The molecule has 5 atom stereocenters. The first-order valence-electron chi connectivity index (χ1n) is 10.9. The number of hydrogen-bond acceptors (Lipinski definition) is 3. The summed E-state index contributed by atoms with van der Waals surface area (Å²) in [5.74, 6) is 1.33. The summed E-state index contributed by atoms with van der Waals surface area (Å²) in [6, 6.07) is 0. The lowest BCUT2D eigenvalue weighted by atomic mass is 9.88. The lowest BCUT2D eigenvalue weighted by Gasteiger charge is -2.19. The Morgan fingerprint density at radius 3 is 2.78 bits per heavy atom. The fourth-order valence-electron chi connectivity index (χ4n) is 4.60. The highest BCUT2D eigenvalue weighted by molar-refractivity contribution is 5.75. The Kier molecular flexibility index (Phi) is 9.04. The van der Waals surface area contributed by atoms with Crippen LogP contribution in [0.5, 0.6) is 0 Å². The van der Waals surface area contributed by atoms with Crippen LogP contribution in [-0.4, -0.2) is 47.3 Å². The largest absolute Gasteiger partial charge is 0.392 e. The van der Waals surface area contributed by atoms with Crippen molar-refractivity contribution >= 4 is 5.91 Å². The van der Waals surface area contributed by atoms with Crippen LogP contribution >= 0.6 is 0 Å². The van der Waals surface area contributed by atoms with Gasteiger partial charge in [-0.25, -0.2) is 0 Å². The molecule has 2 aliphatic rings. The normalized spacial score (nSPS) is 28.4. The van der Waals surface area contributed by atoms with Gasteiger partial charge in [-0.15, -0.1) is 0 Å². The quantitative estimate of drug-likeness (QED) is 0.421. The monoisotopic (exact) mass is 377 g/mol. The van der Waals surface area contributed by atoms with E-state index in [0.29, 0.717) is 18.3 Å². The van der Waals surface area contributed by atoms with Gasteiger partial charge < -0.3 is 15.1 Å². The predicted octanol–water partition coefficient (Wildman–Crippen LogP) is 4.08. The zero-order valence-corrected chi connectivity index (χ0v) is 17.4. The summed E-state index contributed by atoms with van der Waals surface area (Å²) in [5.41, 5.74) is 1.50. The number of carbonyl (C=O) groups is 1. The minimum absolute atomic E-state index is 0.167. The van der Waals surface area contributed by atoms with Crippen LogP contribution in [0.25, 0.3) is 0 Å². The van der Waals surface area contributed by atoms with E-state index in [1.807, 2.05) is 20.2 Å². The Hall–Kier alpha value is -1.13. The average Bonchev–Trinajstić information content (AvgIpc) is 3.13. The highest BCUT2D eigenvalue weighted by Gasteiger charge is 2.43. The van der Waals surface area contributed by atoms with Gasteiger partial charge in [0.05, 0.1) is 12.2 Å². The second-order valence-electron chi connectivity index (χ2n) is 8.68.